The van der Waals surface area contributed by atoms with Crippen molar-refractivity contribution in [1.82, 2.24) is 4.98 Å². The van der Waals surface area contributed by atoms with Gasteiger partial charge in [0, 0.05) is 21.2 Å². The lowest BCUT2D eigenvalue weighted by Gasteiger charge is -2.09. The van der Waals surface area contributed by atoms with Crippen LogP contribution >= 0.6 is 23.4 Å². The smallest absolute Gasteiger partial charge is 0.123 e. The van der Waals surface area contributed by atoms with Crippen LogP contribution in [0.1, 0.15) is 16.8 Å². The highest BCUT2D eigenvalue weighted by Crippen LogP contribution is 2.31. The van der Waals surface area contributed by atoms with Crippen molar-refractivity contribution in [1.29, 1.82) is 5.41 Å². The minimum absolute atomic E-state index is 0.00868. The fourth-order valence-corrected chi connectivity index (χ4v) is 3.02. The molecule has 2 rings (SSSR count). The van der Waals surface area contributed by atoms with Crippen molar-refractivity contribution in [3.8, 4) is 0 Å². The Balaban J connectivity index is 2.40. The van der Waals surface area contributed by atoms with Crippen LogP contribution in [0.4, 0.5) is 0 Å². The molecule has 0 aliphatic carbocycles. The molecule has 0 amide bonds. The van der Waals surface area contributed by atoms with Crippen LogP contribution in [0.5, 0.6) is 0 Å². The molecule has 98 valence electrons. The summed E-state index contributed by atoms with van der Waals surface area (Å²) in [6.45, 7) is 4.00. The maximum atomic E-state index is 7.61. The van der Waals surface area contributed by atoms with Gasteiger partial charge < -0.3 is 5.73 Å². The SMILES string of the molecule is Cc1cc(C)nc(Sc2ccc(Cl)cc2C(=N)N)c1. The number of hydrogen-bond donors (Lipinski definition) is 2. The lowest BCUT2D eigenvalue weighted by atomic mass is 10.2. The fourth-order valence-electron chi connectivity index (χ4n) is 1.77. The Hall–Kier alpha value is -1.52. The normalized spacial score (nSPS) is 10.5. The van der Waals surface area contributed by atoms with Gasteiger partial charge in [0.15, 0.2) is 0 Å². The molecule has 0 saturated carbocycles. The summed E-state index contributed by atoms with van der Waals surface area (Å²) in [5, 5.41) is 9.07. The number of aromatic nitrogens is 1. The molecule has 0 radical (unpaired) electrons. The lowest BCUT2D eigenvalue weighted by Crippen LogP contribution is -2.12. The zero-order chi connectivity index (χ0) is 14.0. The van der Waals surface area contributed by atoms with E-state index < -0.39 is 0 Å². The standard InChI is InChI=1S/C14H14ClN3S/c1-8-5-9(2)18-13(6-8)19-12-4-3-10(15)7-11(12)14(16)17/h3-7H,1-2H3,(H3,16,17). The Bertz CT molecular complexity index is 620. The van der Waals surface area contributed by atoms with E-state index in [-0.39, 0.29) is 5.84 Å². The van der Waals surface area contributed by atoms with Gasteiger partial charge in [0.25, 0.3) is 0 Å². The average molecular weight is 292 g/mol. The number of amidine groups is 1. The van der Waals surface area contributed by atoms with E-state index in [1.54, 1.807) is 12.1 Å². The predicted molar refractivity (Wildman–Crippen MR) is 80.3 cm³/mol. The molecule has 0 spiro atoms. The molecule has 3 nitrogen and oxygen atoms in total. The summed E-state index contributed by atoms with van der Waals surface area (Å²) in [4.78, 5) is 5.35. The monoisotopic (exact) mass is 291 g/mol. The number of nitrogen functional groups attached to an aromatic ring is 1. The molecule has 0 bridgehead atoms. The van der Waals surface area contributed by atoms with Crippen LogP contribution in [0.15, 0.2) is 40.3 Å². The van der Waals surface area contributed by atoms with Crippen molar-refractivity contribution in [2.45, 2.75) is 23.8 Å². The molecule has 19 heavy (non-hydrogen) atoms. The second-order valence-electron chi connectivity index (χ2n) is 4.28. The third-order valence-electron chi connectivity index (χ3n) is 2.52. The van der Waals surface area contributed by atoms with Crippen molar-refractivity contribution in [3.05, 3.63) is 52.2 Å². The van der Waals surface area contributed by atoms with Gasteiger partial charge in [0.1, 0.15) is 10.9 Å². The van der Waals surface area contributed by atoms with Crippen LogP contribution in [-0.4, -0.2) is 10.8 Å². The Morgan fingerprint density at radius 1 is 1.26 bits per heavy atom. The molecule has 0 saturated heterocycles. The summed E-state index contributed by atoms with van der Waals surface area (Å²) in [7, 11) is 0. The van der Waals surface area contributed by atoms with Crippen LogP contribution in [0.3, 0.4) is 0 Å². The molecule has 0 fully saturated rings. The lowest BCUT2D eigenvalue weighted by molar-refractivity contribution is 1.05. The third kappa shape index (κ3) is 3.49. The molecule has 0 aliphatic heterocycles. The molecular weight excluding hydrogens is 278 g/mol. The van der Waals surface area contributed by atoms with Gasteiger partial charge in [-0.15, -0.1) is 0 Å². The zero-order valence-corrected chi connectivity index (χ0v) is 12.3. The highest BCUT2D eigenvalue weighted by Gasteiger charge is 2.09. The first kappa shape index (κ1) is 13.9. The first-order valence-electron chi connectivity index (χ1n) is 5.73. The van der Waals surface area contributed by atoms with Gasteiger partial charge in [0.2, 0.25) is 0 Å². The van der Waals surface area contributed by atoms with Crippen molar-refractivity contribution in [2.24, 2.45) is 5.73 Å². The minimum atomic E-state index is 0.00868. The van der Waals surface area contributed by atoms with E-state index in [1.165, 1.54) is 11.8 Å². The Morgan fingerprint density at radius 3 is 2.63 bits per heavy atom. The molecule has 1 heterocycles. The first-order chi connectivity index (χ1) is 8.95. The maximum Gasteiger partial charge on any atom is 0.123 e. The fraction of sp³-hybridized carbons (Fsp3) is 0.143. The molecule has 5 heteroatoms. The van der Waals surface area contributed by atoms with Gasteiger partial charge in [-0.05, 0) is 49.7 Å². The largest absolute Gasteiger partial charge is 0.384 e. The number of nitrogens with zero attached hydrogens (tertiary/aromatic N) is 1. The minimum Gasteiger partial charge on any atom is -0.384 e. The van der Waals surface area contributed by atoms with E-state index in [2.05, 4.69) is 4.98 Å². The Labute approximate surface area is 121 Å². The van der Waals surface area contributed by atoms with E-state index in [0.717, 1.165) is 21.2 Å². The summed E-state index contributed by atoms with van der Waals surface area (Å²) in [5.41, 5.74) is 8.36. The van der Waals surface area contributed by atoms with E-state index in [9.17, 15) is 0 Å². The second kappa shape index (κ2) is 5.63. The summed E-state index contributed by atoms with van der Waals surface area (Å²) in [6.07, 6.45) is 0. The van der Waals surface area contributed by atoms with Crippen LogP contribution in [0.2, 0.25) is 5.02 Å². The van der Waals surface area contributed by atoms with E-state index in [4.69, 9.17) is 22.7 Å². The Morgan fingerprint density at radius 2 is 2.00 bits per heavy atom. The average Bonchev–Trinajstić information content (AvgIpc) is 2.30. The van der Waals surface area contributed by atoms with Crippen LogP contribution in [0.25, 0.3) is 0 Å². The quantitative estimate of drug-likeness (QED) is 0.668. The van der Waals surface area contributed by atoms with E-state index >= 15 is 0 Å². The van der Waals surface area contributed by atoms with Crippen LogP contribution < -0.4 is 5.73 Å². The number of hydrogen-bond acceptors (Lipinski definition) is 3. The van der Waals surface area contributed by atoms with Gasteiger partial charge in [-0.1, -0.05) is 23.4 Å². The number of aryl methyl sites for hydroxylation is 2. The topological polar surface area (TPSA) is 62.8 Å². The van der Waals surface area contributed by atoms with Crippen molar-refractivity contribution >= 4 is 29.2 Å². The molecule has 3 N–H and O–H groups in total. The highest BCUT2D eigenvalue weighted by molar-refractivity contribution is 7.99. The van der Waals surface area contributed by atoms with Crippen molar-refractivity contribution < 1.29 is 0 Å². The second-order valence-corrected chi connectivity index (χ2v) is 5.78. The molecule has 2 aromatic rings. The van der Waals surface area contributed by atoms with Crippen LogP contribution in [0, 0.1) is 19.3 Å². The summed E-state index contributed by atoms with van der Waals surface area (Å²) < 4.78 is 0. The van der Waals surface area contributed by atoms with Crippen molar-refractivity contribution in [3.63, 3.8) is 0 Å². The van der Waals surface area contributed by atoms with Gasteiger partial charge in [-0.3, -0.25) is 5.41 Å². The van der Waals surface area contributed by atoms with E-state index in [1.807, 2.05) is 32.0 Å². The molecule has 0 aliphatic rings. The number of rotatable bonds is 3. The maximum absolute atomic E-state index is 7.61. The number of benzene rings is 1. The van der Waals surface area contributed by atoms with E-state index in [0.29, 0.717) is 10.6 Å². The number of nitrogens with two attached hydrogens (primary N) is 1. The first-order valence-corrected chi connectivity index (χ1v) is 6.92. The molecule has 1 aromatic carbocycles. The zero-order valence-electron chi connectivity index (χ0n) is 10.7. The molecule has 0 unspecified atom stereocenters. The summed E-state index contributed by atoms with van der Waals surface area (Å²) >= 11 is 7.43. The van der Waals surface area contributed by atoms with Gasteiger partial charge in [0.05, 0.1) is 0 Å². The molecule has 1 aromatic heterocycles. The predicted octanol–water partition coefficient (Wildman–Crippen LogP) is 3.79. The third-order valence-corrected chi connectivity index (χ3v) is 3.75. The number of nitrogens with one attached hydrogen (secondary N) is 1. The highest BCUT2D eigenvalue weighted by atomic mass is 35.5. The number of pyridine rings is 1. The molecular formula is C14H14ClN3S. The van der Waals surface area contributed by atoms with Gasteiger partial charge >= 0.3 is 0 Å². The summed E-state index contributed by atoms with van der Waals surface area (Å²) in [5.74, 6) is 0.00868. The van der Waals surface area contributed by atoms with Gasteiger partial charge in [-0.25, -0.2) is 4.98 Å². The number of halogens is 1. The molecule has 0 atom stereocenters. The van der Waals surface area contributed by atoms with Gasteiger partial charge in [-0.2, -0.15) is 0 Å². The summed E-state index contributed by atoms with van der Waals surface area (Å²) in [6, 6.07) is 9.39. The van der Waals surface area contributed by atoms with Crippen molar-refractivity contribution in [2.75, 3.05) is 0 Å². The van der Waals surface area contributed by atoms with Crippen LogP contribution in [-0.2, 0) is 0 Å². The Kier molecular flexibility index (Phi) is 4.12.